The summed E-state index contributed by atoms with van der Waals surface area (Å²) in [7, 11) is 0. The molecule has 0 aliphatic heterocycles. The van der Waals surface area contributed by atoms with Crippen LogP contribution < -0.4 is 5.73 Å². The molecule has 1 aromatic heterocycles. The Hall–Kier alpha value is -2.85. The minimum atomic E-state index is -0.104. The molecule has 1 aliphatic carbocycles. The smallest absolute Gasteiger partial charge is 0.290 e. The highest BCUT2D eigenvalue weighted by Gasteiger charge is 2.42. The van der Waals surface area contributed by atoms with Gasteiger partial charge in [0, 0.05) is 19.6 Å². The maximum Gasteiger partial charge on any atom is 0.290 e. The van der Waals surface area contributed by atoms with Crippen molar-refractivity contribution in [3.05, 3.63) is 93.9 Å². The van der Waals surface area contributed by atoms with Crippen LogP contribution in [0.1, 0.15) is 78.1 Å². The molecule has 2 N–H and O–H groups in total. The molecule has 0 fully saturated rings. The largest absolute Gasteiger partial charge is 0.459 e. The van der Waals surface area contributed by atoms with Crippen molar-refractivity contribution in [3.8, 4) is 0 Å². The van der Waals surface area contributed by atoms with Crippen LogP contribution >= 0.6 is 0 Å². The lowest BCUT2D eigenvalue weighted by Gasteiger charge is -2.25. The lowest BCUT2D eigenvalue weighted by atomic mass is 9.82. The van der Waals surface area contributed by atoms with Crippen molar-refractivity contribution in [1.29, 1.82) is 0 Å². The number of nitrogens with zero attached hydrogens (tertiary/aromatic N) is 1. The molecule has 0 atom stereocenters. The number of carbonyl (C=O) groups excluding carboxylic acids is 1. The van der Waals surface area contributed by atoms with E-state index in [1.807, 2.05) is 23.1 Å². The third kappa shape index (κ3) is 4.24. The zero-order valence-electron chi connectivity index (χ0n) is 19.9. The van der Waals surface area contributed by atoms with Gasteiger partial charge in [-0.2, -0.15) is 0 Å². The minimum Gasteiger partial charge on any atom is -0.459 e. The van der Waals surface area contributed by atoms with Gasteiger partial charge in [-0.15, -0.1) is 0 Å². The van der Waals surface area contributed by atoms with Crippen LogP contribution in [0.3, 0.4) is 0 Å². The molecule has 1 aliphatic rings. The van der Waals surface area contributed by atoms with E-state index in [0.29, 0.717) is 25.4 Å². The maximum absolute atomic E-state index is 13.4. The molecule has 0 radical (unpaired) electrons. The summed E-state index contributed by atoms with van der Waals surface area (Å²) in [5, 5.41) is 0. The second-order valence-electron chi connectivity index (χ2n) is 10.4. The average molecular weight is 431 g/mol. The Morgan fingerprint density at radius 2 is 1.66 bits per heavy atom. The molecule has 0 saturated carbocycles. The van der Waals surface area contributed by atoms with E-state index in [1.54, 1.807) is 18.4 Å². The predicted molar refractivity (Wildman–Crippen MR) is 128 cm³/mol. The van der Waals surface area contributed by atoms with E-state index < -0.39 is 0 Å². The SMILES string of the molecule is Cc1cc2c(cc1CN(Cc1cccc(CN)c1)C(=O)c1ccco1)C(C)(C)CC2(C)C. The third-order valence-electron chi connectivity index (χ3n) is 6.80. The molecule has 2 aromatic carbocycles. The quantitative estimate of drug-likeness (QED) is 0.534. The van der Waals surface area contributed by atoms with Gasteiger partial charge in [0.1, 0.15) is 0 Å². The molecule has 168 valence electrons. The minimum absolute atomic E-state index is 0.104. The number of hydrogen-bond donors (Lipinski definition) is 1. The van der Waals surface area contributed by atoms with E-state index in [0.717, 1.165) is 17.5 Å². The van der Waals surface area contributed by atoms with E-state index in [-0.39, 0.29) is 16.7 Å². The summed E-state index contributed by atoms with van der Waals surface area (Å²) in [5.41, 5.74) is 13.5. The van der Waals surface area contributed by atoms with E-state index in [1.165, 1.54) is 22.3 Å². The number of hydrogen-bond acceptors (Lipinski definition) is 3. The van der Waals surface area contributed by atoms with Gasteiger partial charge in [-0.25, -0.2) is 0 Å². The van der Waals surface area contributed by atoms with Crippen LogP contribution in [-0.4, -0.2) is 10.8 Å². The van der Waals surface area contributed by atoms with Crippen molar-refractivity contribution in [1.82, 2.24) is 4.90 Å². The van der Waals surface area contributed by atoms with Gasteiger partial charge >= 0.3 is 0 Å². The van der Waals surface area contributed by atoms with Crippen molar-refractivity contribution in [3.63, 3.8) is 0 Å². The fraction of sp³-hybridized carbons (Fsp3) is 0.393. The highest BCUT2D eigenvalue weighted by atomic mass is 16.3. The average Bonchev–Trinajstić information content (AvgIpc) is 3.33. The van der Waals surface area contributed by atoms with Crippen LogP contribution in [0.5, 0.6) is 0 Å². The topological polar surface area (TPSA) is 59.5 Å². The Bertz CT molecular complexity index is 1130. The van der Waals surface area contributed by atoms with E-state index in [2.05, 4.69) is 52.8 Å². The Kier molecular flexibility index (Phi) is 5.76. The van der Waals surface area contributed by atoms with Crippen LogP contribution in [0, 0.1) is 6.92 Å². The van der Waals surface area contributed by atoms with Gasteiger partial charge in [-0.3, -0.25) is 4.79 Å². The first-order chi connectivity index (χ1) is 15.1. The predicted octanol–water partition coefficient (Wildman–Crippen LogP) is 5.85. The van der Waals surface area contributed by atoms with Gasteiger partial charge in [0.25, 0.3) is 5.91 Å². The number of aryl methyl sites for hydroxylation is 1. The van der Waals surface area contributed by atoms with Crippen molar-refractivity contribution in [2.45, 2.75) is 71.5 Å². The summed E-state index contributed by atoms with van der Waals surface area (Å²) in [6, 6.07) is 16.3. The van der Waals surface area contributed by atoms with Crippen LogP contribution in [0.2, 0.25) is 0 Å². The van der Waals surface area contributed by atoms with Gasteiger partial charge in [0.15, 0.2) is 5.76 Å². The first kappa shape index (κ1) is 22.3. The summed E-state index contributed by atoms with van der Waals surface area (Å²) < 4.78 is 5.45. The lowest BCUT2D eigenvalue weighted by Crippen LogP contribution is -2.30. The Morgan fingerprint density at radius 1 is 0.969 bits per heavy atom. The highest BCUT2D eigenvalue weighted by Crippen LogP contribution is 2.50. The molecule has 0 spiro atoms. The summed E-state index contributed by atoms with van der Waals surface area (Å²) in [4.78, 5) is 15.2. The molecule has 4 rings (SSSR count). The number of rotatable bonds is 6. The Labute approximate surface area is 191 Å². The summed E-state index contributed by atoms with van der Waals surface area (Å²) >= 11 is 0. The molecule has 3 aromatic rings. The van der Waals surface area contributed by atoms with Gasteiger partial charge < -0.3 is 15.1 Å². The molecule has 0 saturated heterocycles. The zero-order valence-corrected chi connectivity index (χ0v) is 19.9. The lowest BCUT2D eigenvalue weighted by molar-refractivity contribution is 0.0697. The molecule has 4 heteroatoms. The van der Waals surface area contributed by atoms with Gasteiger partial charge in [-0.1, -0.05) is 64.1 Å². The van der Waals surface area contributed by atoms with E-state index in [9.17, 15) is 4.79 Å². The number of furan rings is 1. The Morgan fingerprint density at radius 3 is 2.31 bits per heavy atom. The monoisotopic (exact) mass is 430 g/mol. The van der Waals surface area contributed by atoms with Crippen LogP contribution in [0.25, 0.3) is 0 Å². The normalized spacial score (nSPS) is 16.1. The summed E-state index contributed by atoms with van der Waals surface area (Å²) in [6.45, 7) is 13.0. The number of benzene rings is 2. The zero-order chi connectivity index (χ0) is 23.1. The molecule has 0 bridgehead atoms. The van der Waals surface area contributed by atoms with Crippen molar-refractivity contribution < 1.29 is 9.21 Å². The molecule has 32 heavy (non-hydrogen) atoms. The first-order valence-electron chi connectivity index (χ1n) is 11.4. The molecular weight excluding hydrogens is 396 g/mol. The summed E-state index contributed by atoms with van der Waals surface area (Å²) in [6.07, 6.45) is 2.67. The second kappa shape index (κ2) is 8.25. The molecule has 1 heterocycles. The molecule has 0 unspecified atom stereocenters. The molecule has 1 amide bonds. The Balaban J connectivity index is 1.71. The van der Waals surface area contributed by atoms with Gasteiger partial charge in [-0.05, 0) is 69.7 Å². The fourth-order valence-electron chi connectivity index (χ4n) is 5.37. The number of amides is 1. The van der Waals surface area contributed by atoms with Crippen molar-refractivity contribution in [2.24, 2.45) is 5.73 Å². The van der Waals surface area contributed by atoms with Crippen LogP contribution in [-0.2, 0) is 30.5 Å². The van der Waals surface area contributed by atoms with Crippen molar-refractivity contribution >= 4 is 5.91 Å². The van der Waals surface area contributed by atoms with Gasteiger partial charge in [0.2, 0.25) is 0 Å². The molecule has 4 nitrogen and oxygen atoms in total. The second-order valence-corrected chi connectivity index (χ2v) is 10.4. The standard InChI is InChI=1S/C28H34N2O2/c1-19-12-23-24(28(4,5)18-27(23,2)3)14-22(19)17-30(26(31)25-10-7-11-32-25)16-21-9-6-8-20(13-21)15-29/h6-14H,15-18,29H2,1-5H3. The van der Waals surface area contributed by atoms with Crippen LogP contribution in [0.15, 0.2) is 59.2 Å². The maximum atomic E-state index is 13.4. The molecular formula is C28H34N2O2. The number of carbonyl (C=O) groups is 1. The van der Waals surface area contributed by atoms with Crippen molar-refractivity contribution in [2.75, 3.05) is 0 Å². The number of nitrogens with two attached hydrogens (primary N) is 1. The van der Waals surface area contributed by atoms with E-state index >= 15 is 0 Å². The highest BCUT2D eigenvalue weighted by molar-refractivity contribution is 5.91. The third-order valence-corrected chi connectivity index (χ3v) is 6.80. The summed E-state index contributed by atoms with van der Waals surface area (Å²) in [5.74, 6) is 0.257. The first-order valence-corrected chi connectivity index (χ1v) is 11.4. The fourth-order valence-corrected chi connectivity index (χ4v) is 5.37. The van der Waals surface area contributed by atoms with E-state index in [4.69, 9.17) is 10.2 Å². The van der Waals surface area contributed by atoms with Crippen LogP contribution in [0.4, 0.5) is 0 Å². The van der Waals surface area contributed by atoms with Gasteiger partial charge in [0.05, 0.1) is 6.26 Å². The number of fused-ring (bicyclic) bond motifs is 1.